The highest BCUT2D eigenvalue weighted by Gasteiger charge is 2.08. The van der Waals surface area contributed by atoms with Crippen molar-refractivity contribution in [1.29, 1.82) is 0 Å². The Morgan fingerprint density at radius 1 is 1.26 bits per heavy atom. The zero-order valence-electron chi connectivity index (χ0n) is 11.3. The van der Waals surface area contributed by atoms with Gasteiger partial charge in [0, 0.05) is 30.3 Å². The van der Waals surface area contributed by atoms with Gasteiger partial charge in [0.05, 0.1) is 10.7 Å². The van der Waals surface area contributed by atoms with Gasteiger partial charge in [-0.3, -0.25) is 0 Å². The summed E-state index contributed by atoms with van der Waals surface area (Å²) in [6.07, 6.45) is 1.66. The number of nitrogens with one attached hydrogen (secondary N) is 1. The van der Waals surface area contributed by atoms with Crippen LogP contribution in [0.1, 0.15) is 29.0 Å². The molecule has 102 valence electrons. The molecule has 0 saturated heterocycles. The van der Waals surface area contributed by atoms with Gasteiger partial charge in [0.1, 0.15) is 16.8 Å². The molecule has 0 aliphatic carbocycles. The minimum absolute atomic E-state index is 0.527. The van der Waals surface area contributed by atoms with Gasteiger partial charge >= 0.3 is 0 Å². The second-order valence-electron chi connectivity index (χ2n) is 4.29. The molecular weight excluding hydrogens is 280 g/mol. The standard InChI is InChI=1S/C13H17ClN4S/c1-4-11-17-12(14)8(2)13(18-11)15-6-5-10-7-19-9(3)16-10/h7H,4-6H2,1-3H3,(H,15,17,18). The van der Waals surface area contributed by atoms with Crippen LogP contribution in [-0.2, 0) is 12.8 Å². The van der Waals surface area contributed by atoms with Gasteiger partial charge in [0.2, 0.25) is 0 Å². The first kappa shape index (κ1) is 14.2. The highest BCUT2D eigenvalue weighted by molar-refractivity contribution is 7.09. The normalized spacial score (nSPS) is 10.7. The Kier molecular flexibility index (Phi) is 4.71. The first-order chi connectivity index (χ1) is 9.10. The summed E-state index contributed by atoms with van der Waals surface area (Å²) in [5.74, 6) is 1.59. The van der Waals surface area contributed by atoms with Gasteiger partial charge < -0.3 is 5.32 Å². The van der Waals surface area contributed by atoms with Crippen molar-refractivity contribution in [2.75, 3.05) is 11.9 Å². The zero-order valence-corrected chi connectivity index (χ0v) is 12.9. The average molecular weight is 297 g/mol. The van der Waals surface area contributed by atoms with Crippen LogP contribution in [0.4, 0.5) is 5.82 Å². The van der Waals surface area contributed by atoms with Crippen LogP contribution in [-0.4, -0.2) is 21.5 Å². The van der Waals surface area contributed by atoms with Gasteiger partial charge in [-0.25, -0.2) is 15.0 Å². The summed E-state index contributed by atoms with van der Waals surface area (Å²) in [4.78, 5) is 13.1. The number of hydrogen-bond donors (Lipinski definition) is 1. The van der Waals surface area contributed by atoms with E-state index in [1.54, 1.807) is 11.3 Å². The highest BCUT2D eigenvalue weighted by atomic mass is 35.5. The summed E-state index contributed by atoms with van der Waals surface area (Å²) in [7, 11) is 0. The molecule has 2 rings (SSSR count). The summed E-state index contributed by atoms with van der Waals surface area (Å²) in [6.45, 7) is 6.75. The lowest BCUT2D eigenvalue weighted by Crippen LogP contribution is -2.10. The Labute approximate surface area is 122 Å². The molecule has 0 aliphatic rings. The van der Waals surface area contributed by atoms with Gasteiger partial charge in [0.25, 0.3) is 0 Å². The zero-order chi connectivity index (χ0) is 13.8. The topological polar surface area (TPSA) is 50.7 Å². The minimum Gasteiger partial charge on any atom is -0.369 e. The number of anilines is 1. The number of halogens is 1. The Bertz CT molecular complexity index is 568. The van der Waals surface area contributed by atoms with Gasteiger partial charge in [-0.2, -0.15) is 0 Å². The van der Waals surface area contributed by atoms with Crippen LogP contribution in [0.3, 0.4) is 0 Å². The Morgan fingerprint density at radius 3 is 2.68 bits per heavy atom. The molecule has 4 nitrogen and oxygen atoms in total. The third-order valence-corrected chi connectivity index (χ3v) is 3.98. The van der Waals surface area contributed by atoms with Crippen LogP contribution < -0.4 is 5.32 Å². The Balaban J connectivity index is 2.01. The van der Waals surface area contributed by atoms with Crippen LogP contribution in [0, 0.1) is 13.8 Å². The van der Waals surface area contributed by atoms with Gasteiger partial charge in [0.15, 0.2) is 0 Å². The minimum atomic E-state index is 0.527. The molecule has 0 atom stereocenters. The molecule has 0 saturated carbocycles. The second kappa shape index (κ2) is 6.30. The van der Waals surface area contributed by atoms with Crippen LogP contribution in [0.2, 0.25) is 5.15 Å². The molecule has 0 aromatic carbocycles. The summed E-state index contributed by atoms with van der Waals surface area (Å²) in [5.41, 5.74) is 2.01. The van der Waals surface area contributed by atoms with Crippen LogP contribution >= 0.6 is 22.9 Å². The molecule has 0 bridgehead atoms. The molecule has 2 aromatic rings. The van der Waals surface area contributed by atoms with Gasteiger partial charge in [-0.1, -0.05) is 18.5 Å². The lowest BCUT2D eigenvalue weighted by Gasteiger charge is -2.10. The predicted octanol–water partition coefficient (Wildman–Crippen LogP) is 3.42. The number of rotatable bonds is 5. The van der Waals surface area contributed by atoms with Crippen molar-refractivity contribution in [3.05, 3.63) is 32.6 Å². The number of thiazole rings is 1. The van der Waals surface area contributed by atoms with E-state index < -0.39 is 0 Å². The number of hydrogen-bond acceptors (Lipinski definition) is 5. The SMILES string of the molecule is CCc1nc(Cl)c(C)c(NCCc2csc(C)n2)n1. The van der Waals surface area contributed by atoms with E-state index in [0.29, 0.717) is 5.15 Å². The first-order valence-corrected chi connectivity index (χ1v) is 7.53. The molecule has 19 heavy (non-hydrogen) atoms. The van der Waals surface area contributed by atoms with Crippen molar-refractivity contribution in [2.24, 2.45) is 0 Å². The molecule has 2 aromatic heterocycles. The summed E-state index contributed by atoms with van der Waals surface area (Å²) >= 11 is 7.77. The molecule has 0 fully saturated rings. The largest absolute Gasteiger partial charge is 0.369 e. The Hall–Kier alpha value is -1.20. The van der Waals surface area contributed by atoms with Crippen molar-refractivity contribution in [3.8, 4) is 0 Å². The van der Waals surface area contributed by atoms with Crippen molar-refractivity contribution < 1.29 is 0 Å². The number of nitrogens with zero attached hydrogens (tertiary/aromatic N) is 3. The predicted molar refractivity (Wildman–Crippen MR) is 80.2 cm³/mol. The quantitative estimate of drug-likeness (QED) is 0.859. The third kappa shape index (κ3) is 3.64. The fraction of sp³-hybridized carbons (Fsp3) is 0.462. The van der Waals surface area contributed by atoms with E-state index in [-0.39, 0.29) is 0 Å². The molecule has 0 radical (unpaired) electrons. The molecule has 0 spiro atoms. The molecule has 2 heterocycles. The maximum Gasteiger partial charge on any atom is 0.137 e. The molecule has 0 aliphatic heterocycles. The van der Waals surface area contributed by atoms with E-state index in [2.05, 4.69) is 25.6 Å². The average Bonchev–Trinajstić information content (AvgIpc) is 2.80. The lowest BCUT2D eigenvalue weighted by molar-refractivity contribution is 0.908. The van der Waals surface area contributed by atoms with E-state index >= 15 is 0 Å². The summed E-state index contributed by atoms with van der Waals surface area (Å²) in [5, 5.41) is 7.03. The van der Waals surface area contributed by atoms with E-state index in [4.69, 9.17) is 11.6 Å². The smallest absolute Gasteiger partial charge is 0.137 e. The van der Waals surface area contributed by atoms with E-state index in [1.165, 1.54) is 0 Å². The number of aromatic nitrogens is 3. The van der Waals surface area contributed by atoms with Crippen molar-refractivity contribution in [1.82, 2.24) is 15.0 Å². The van der Waals surface area contributed by atoms with Gasteiger partial charge in [-0.05, 0) is 13.8 Å². The second-order valence-corrected chi connectivity index (χ2v) is 5.71. The molecule has 0 unspecified atom stereocenters. The van der Waals surface area contributed by atoms with E-state index in [0.717, 1.165) is 47.3 Å². The van der Waals surface area contributed by atoms with E-state index in [9.17, 15) is 0 Å². The highest BCUT2D eigenvalue weighted by Crippen LogP contribution is 2.20. The monoisotopic (exact) mass is 296 g/mol. The number of aryl methyl sites for hydroxylation is 2. The Morgan fingerprint density at radius 2 is 2.05 bits per heavy atom. The van der Waals surface area contributed by atoms with Crippen molar-refractivity contribution >= 4 is 28.8 Å². The molecule has 0 amide bonds. The third-order valence-electron chi connectivity index (χ3n) is 2.79. The van der Waals surface area contributed by atoms with Crippen LogP contribution in [0.25, 0.3) is 0 Å². The lowest BCUT2D eigenvalue weighted by atomic mass is 10.3. The summed E-state index contributed by atoms with van der Waals surface area (Å²) in [6, 6.07) is 0. The molecular formula is C13H17ClN4S. The van der Waals surface area contributed by atoms with Crippen LogP contribution in [0.15, 0.2) is 5.38 Å². The van der Waals surface area contributed by atoms with Gasteiger partial charge in [-0.15, -0.1) is 11.3 Å². The fourth-order valence-corrected chi connectivity index (χ4v) is 2.53. The maximum absolute atomic E-state index is 6.10. The first-order valence-electron chi connectivity index (χ1n) is 6.28. The molecule has 6 heteroatoms. The fourth-order valence-electron chi connectivity index (χ4n) is 1.70. The van der Waals surface area contributed by atoms with Crippen LogP contribution in [0.5, 0.6) is 0 Å². The molecule has 1 N–H and O–H groups in total. The van der Waals surface area contributed by atoms with Crippen molar-refractivity contribution in [2.45, 2.75) is 33.6 Å². The van der Waals surface area contributed by atoms with Crippen molar-refractivity contribution in [3.63, 3.8) is 0 Å². The van der Waals surface area contributed by atoms with E-state index in [1.807, 2.05) is 20.8 Å². The maximum atomic E-state index is 6.10. The summed E-state index contributed by atoms with van der Waals surface area (Å²) < 4.78 is 0.